The van der Waals surface area contributed by atoms with Crippen LogP contribution in [0.4, 0.5) is 5.69 Å². The summed E-state index contributed by atoms with van der Waals surface area (Å²) in [4.78, 5) is 11.8. The van der Waals surface area contributed by atoms with E-state index in [9.17, 15) is 4.79 Å². The molecule has 0 aromatic heterocycles. The molecule has 1 aromatic rings. The van der Waals surface area contributed by atoms with Gasteiger partial charge in [0.15, 0.2) is 0 Å². The molecule has 0 heterocycles. The lowest BCUT2D eigenvalue weighted by Gasteiger charge is -2.17. The van der Waals surface area contributed by atoms with Gasteiger partial charge in [-0.15, -0.1) is 0 Å². The number of hydrogen-bond acceptors (Lipinski definition) is 3. The largest absolute Gasteiger partial charge is 0.497 e. The van der Waals surface area contributed by atoms with Crippen LogP contribution in [0, 0.1) is 0 Å². The Kier molecular flexibility index (Phi) is 4.40. The third-order valence-electron chi connectivity index (χ3n) is 2.20. The Balaban J connectivity index is 2.95. The first kappa shape index (κ1) is 13.8. The number of rotatable bonds is 4. The van der Waals surface area contributed by atoms with Crippen molar-refractivity contribution in [1.29, 1.82) is 0 Å². The van der Waals surface area contributed by atoms with Crippen LogP contribution < -0.4 is 14.8 Å². The summed E-state index contributed by atoms with van der Waals surface area (Å²) < 4.78 is 9.65. The first-order valence-electron chi connectivity index (χ1n) is 5.11. The van der Waals surface area contributed by atoms with Crippen LogP contribution in [-0.2, 0) is 4.79 Å². The Morgan fingerprint density at radius 2 is 1.94 bits per heavy atom. The summed E-state index contributed by atoms with van der Waals surface area (Å²) in [7, 11) is 3.12. The molecule has 0 aliphatic rings. The number of amides is 1. The maximum Gasteiger partial charge on any atom is 0.240 e. The highest BCUT2D eigenvalue weighted by Gasteiger charge is 2.24. The van der Waals surface area contributed by atoms with Gasteiger partial charge in [0.05, 0.1) is 24.2 Å². The van der Waals surface area contributed by atoms with Gasteiger partial charge >= 0.3 is 0 Å². The molecule has 1 rings (SSSR count). The first-order chi connectivity index (χ1) is 7.88. The van der Waals surface area contributed by atoms with Crippen molar-refractivity contribution < 1.29 is 14.3 Å². The quantitative estimate of drug-likeness (QED) is 0.870. The summed E-state index contributed by atoms with van der Waals surface area (Å²) >= 11 is 3.30. The predicted octanol–water partition coefficient (Wildman–Crippen LogP) is 2.82. The van der Waals surface area contributed by atoms with Crippen molar-refractivity contribution in [3.63, 3.8) is 0 Å². The van der Waals surface area contributed by atoms with E-state index in [0.29, 0.717) is 17.2 Å². The summed E-state index contributed by atoms with van der Waals surface area (Å²) in [5.74, 6) is 1.10. The topological polar surface area (TPSA) is 47.6 Å². The number of nitrogens with one attached hydrogen (secondary N) is 1. The molecule has 5 heteroatoms. The number of carbonyl (C=O) groups is 1. The number of halogens is 1. The maximum atomic E-state index is 11.8. The molecule has 0 saturated heterocycles. The number of hydrogen-bond donors (Lipinski definition) is 1. The molecule has 0 saturated carbocycles. The molecular formula is C12H16BrNO3. The lowest BCUT2D eigenvalue weighted by molar-refractivity contribution is -0.117. The molecule has 0 fully saturated rings. The van der Waals surface area contributed by atoms with E-state index in [2.05, 4.69) is 21.2 Å². The molecule has 17 heavy (non-hydrogen) atoms. The van der Waals surface area contributed by atoms with E-state index < -0.39 is 4.32 Å². The molecular weight excluding hydrogens is 286 g/mol. The minimum absolute atomic E-state index is 0.138. The van der Waals surface area contributed by atoms with Gasteiger partial charge in [-0.25, -0.2) is 0 Å². The van der Waals surface area contributed by atoms with Gasteiger partial charge in [-0.2, -0.15) is 0 Å². The number of alkyl halides is 1. The van der Waals surface area contributed by atoms with Crippen LogP contribution >= 0.6 is 15.9 Å². The molecule has 0 spiro atoms. The first-order valence-corrected chi connectivity index (χ1v) is 5.90. The van der Waals surface area contributed by atoms with Crippen LogP contribution in [0.15, 0.2) is 18.2 Å². The van der Waals surface area contributed by atoms with E-state index in [1.165, 1.54) is 0 Å². The van der Waals surface area contributed by atoms with E-state index in [1.807, 2.05) is 0 Å². The van der Waals surface area contributed by atoms with Gasteiger partial charge in [0.1, 0.15) is 11.5 Å². The van der Waals surface area contributed by atoms with Crippen LogP contribution in [0.25, 0.3) is 0 Å². The Hall–Kier alpha value is -1.23. The van der Waals surface area contributed by atoms with Gasteiger partial charge in [0.25, 0.3) is 0 Å². The Morgan fingerprint density at radius 3 is 2.41 bits per heavy atom. The minimum atomic E-state index is -0.627. The van der Waals surface area contributed by atoms with E-state index in [-0.39, 0.29) is 5.91 Å². The average Bonchev–Trinajstić information content (AvgIpc) is 2.28. The van der Waals surface area contributed by atoms with Crippen molar-refractivity contribution in [2.45, 2.75) is 18.2 Å². The van der Waals surface area contributed by atoms with E-state index in [1.54, 1.807) is 46.3 Å². The smallest absolute Gasteiger partial charge is 0.240 e. The van der Waals surface area contributed by atoms with E-state index in [0.717, 1.165) is 0 Å². The van der Waals surface area contributed by atoms with Gasteiger partial charge < -0.3 is 14.8 Å². The SMILES string of the molecule is COc1ccc(NC(=O)C(C)(C)Br)c(OC)c1. The fourth-order valence-corrected chi connectivity index (χ4v) is 1.27. The van der Waals surface area contributed by atoms with Crippen molar-refractivity contribution in [2.75, 3.05) is 19.5 Å². The second kappa shape index (κ2) is 5.40. The molecule has 0 aliphatic carbocycles. The number of carbonyl (C=O) groups excluding carboxylic acids is 1. The number of ether oxygens (including phenoxy) is 2. The normalized spacial score (nSPS) is 10.9. The zero-order valence-corrected chi connectivity index (χ0v) is 11.9. The molecule has 0 bridgehead atoms. The van der Waals surface area contributed by atoms with Crippen LogP contribution in [0.3, 0.4) is 0 Å². The summed E-state index contributed by atoms with van der Waals surface area (Å²) in [6, 6.07) is 5.23. The maximum absolute atomic E-state index is 11.8. The molecule has 0 atom stereocenters. The second-order valence-electron chi connectivity index (χ2n) is 3.99. The van der Waals surface area contributed by atoms with Gasteiger partial charge in [0.2, 0.25) is 5.91 Å². The molecule has 1 aromatic carbocycles. The molecule has 0 unspecified atom stereocenters. The van der Waals surface area contributed by atoms with Crippen molar-refractivity contribution in [2.24, 2.45) is 0 Å². The van der Waals surface area contributed by atoms with Crippen molar-refractivity contribution >= 4 is 27.5 Å². The van der Waals surface area contributed by atoms with Gasteiger partial charge in [-0.1, -0.05) is 15.9 Å². The fraction of sp³-hybridized carbons (Fsp3) is 0.417. The Bertz CT molecular complexity index is 413. The summed E-state index contributed by atoms with van der Waals surface area (Å²) in [6.45, 7) is 3.55. The predicted molar refractivity (Wildman–Crippen MR) is 71.2 cm³/mol. The number of anilines is 1. The fourth-order valence-electron chi connectivity index (χ4n) is 1.17. The summed E-state index contributed by atoms with van der Waals surface area (Å²) in [5, 5.41) is 2.79. The molecule has 94 valence electrons. The second-order valence-corrected chi connectivity index (χ2v) is 5.98. The van der Waals surface area contributed by atoms with Crippen molar-refractivity contribution in [3.8, 4) is 11.5 Å². The molecule has 0 aliphatic heterocycles. The van der Waals surface area contributed by atoms with E-state index in [4.69, 9.17) is 9.47 Å². The van der Waals surface area contributed by atoms with Gasteiger partial charge in [-0.05, 0) is 26.0 Å². The van der Waals surface area contributed by atoms with Crippen LogP contribution in [0.5, 0.6) is 11.5 Å². The zero-order valence-electron chi connectivity index (χ0n) is 10.3. The number of methoxy groups -OCH3 is 2. The monoisotopic (exact) mass is 301 g/mol. The van der Waals surface area contributed by atoms with Crippen molar-refractivity contribution in [3.05, 3.63) is 18.2 Å². The minimum Gasteiger partial charge on any atom is -0.497 e. The highest BCUT2D eigenvalue weighted by atomic mass is 79.9. The van der Waals surface area contributed by atoms with Gasteiger partial charge in [-0.3, -0.25) is 4.79 Å². The molecule has 0 radical (unpaired) electrons. The molecule has 4 nitrogen and oxygen atoms in total. The Labute approximate surface area is 109 Å². The lowest BCUT2D eigenvalue weighted by atomic mass is 10.2. The third-order valence-corrected chi connectivity index (χ3v) is 2.56. The summed E-state index contributed by atoms with van der Waals surface area (Å²) in [5.41, 5.74) is 0.617. The van der Waals surface area contributed by atoms with Gasteiger partial charge in [0, 0.05) is 6.07 Å². The van der Waals surface area contributed by atoms with Crippen LogP contribution in [0.1, 0.15) is 13.8 Å². The average molecular weight is 302 g/mol. The lowest BCUT2D eigenvalue weighted by Crippen LogP contribution is -2.31. The van der Waals surface area contributed by atoms with Crippen LogP contribution in [0.2, 0.25) is 0 Å². The highest BCUT2D eigenvalue weighted by molar-refractivity contribution is 9.10. The Morgan fingerprint density at radius 1 is 1.29 bits per heavy atom. The highest BCUT2D eigenvalue weighted by Crippen LogP contribution is 2.30. The molecule has 1 amide bonds. The third kappa shape index (κ3) is 3.63. The number of benzene rings is 1. The zero-order chi connectivity index (χ0) is 13.1. The molecule has 1 N–H and O–H groups in total. The van der Waals surface area contributed by atoms with Crippen LogP contribution in [-0.4, -0.2) is 24.5 Å². The summed E-state index contributed by atoms with van der Waals surface area (Å²) in [6.07, 6.45) is 0. The van der Waals surface area contributed by atoms with E-state index >= 15 is 0 Å². The van der Waals surface area contributed by atoms with Crippen molar-refractivity contribution in [1.82, 2.24) is 0 Å². The standard InChI is InChI=1S/C12H16BrNO3/c1-12(2,13)11(15)14-9-6-5-8(16-3)7-10(9)17-4/h5-7H,1-4H3,(H,14,15).